The van der Waals surface area contributed by atoms with Gasteiger partial charge in [-0.05, 0) is 18.7 Å². The molecule has 1 heterocycles. The number of carbonyl (C=O) groups excluding carboxylic acids is 1. The number of fused-ring (bicyclic) bond motifs is 1. The summed E-state index contributed by atoms with van der Waals surface area (Å²) >= 11 is 0. The second-order valence-electron chi connectivity index (χ2n) is 5.16. The highest BCUT2D eigenvalue weighted by Gasteiger charge is 2.19. The van der Waals surface area contributed by atoms with Crippen molar-refractivity contribution in [3.05, 3.63) is 36.0 Å². The fourth-order valence-electron chi connectivity index (χ4n) is 2.39. The Morgan fingerprint density at radius 3 is 2.65 bits per heavy atom. The van der Waals surface area contributed by atoms with E-state index in [2.05, 4.69) is 18.8 Å². The molecule has 1 aromatic carbocycles. The number of anilines is 1. The normalized spacial score (nSPS) is 12.3. The lowest BCUT2D eigenvalue weighted by molar-refractivity contribution is 0.0738. The van der Waals surface area contributed by atoms with Crippen LogP contribution in [-0.2, 0) is 0 Å². The van der Waals surface area contributed by atoms with Crippen LogP contribution >= 0.6 is 0 Å². The fourth-order valence-corrected chi connectivity index (χ4v) is 2.39. The molecule has 4 nitrogen and oxygen atoms in total. The van der Waals surface area contributed by atoms with Crippen LogP contribution in [0.25, 0.3) is 10.8 Å². The molecule has 0 bridgehead atoms. The number of nitrogens with two attached hydrogens (primary N) is 1. The Balaban J connectivity index is 2.43. The van der Waals surface area contributed by atoms with Gasteiger partial charge < -0.3 is 10.6 Å². The Hall–Kier alpha value is -2.10. The Kier molecular flexibility index (Phi) is 4.23. The van der Waals surface area contributed by atoms with Crippen LogP contribution in [0.5, 0.6) is 0 Å². The van der Waals surface area contributed by atoms with E-state index in [0.717, 1.165) is 23.6 Å². The summed E-state index contributed by atoms with van der Waals surface area (Å²) in [5.74, 6) is 0.455. The second kappa shape index (κ2) is 5.90. The van der Waals surface area contributed by atoms with Crippen LogP contribution < -0.4 is 5.73 Å². The minimum Gasteiger partial charge on any atom is -0.383 e. The zero-order valence-corrected chi connectivity index (χ0v) is 12.3. The number of hydrogen-bond acceptors (Lipinski definition) is 3. The highest BCUT2D eigenvalue weighted by atomic mass is 16.2. The van der Waals surface area contributed by atoms with E-state index in [4.69, 9.17) is 5.73 Å². The average Bonchev–Trinajstić information content (AvgIpc) is 2.47. The molecule has 1 atom stereocenters. The van der Waals surface area contributed by atoms with E-state index in [1.807, 2.05) is 31.3 Å². The summed E-state index contributed by atoms with van der Waals surface area (Å²) in [6, 6.07) is 7.83. The van der Waals surface area contributed by atoms with Crippen molar-refractivity contribution in [1.29, 1.82) is 0 Å². The molecule has 1 unspecified atom stereocenters. The monoisotopic (exact) mass is 271 g/mol. The maximum absolute atomic E-state index is 12.6. The molecule has 0 fully saturated rings. The SMILES string of the molecule is CCCC(C)N(C)C(=O)c1cnc(N)c2ccccc12. The molecule has 106 valence electrons. The van der Waals surface area contributed by atoms with Gasteiger partial charge in [-0.15, -0.1) is 0 Å². The van der Waals surface area contributed by atoms with Crippen LogP contribution in [0.2, 0.25) is 0 Å². The van der Waals surface area contributed by atoms with Crippen LogP contribution in [0.1, 0.15) is 37.0 Å². The van der Waals surface area contributed by atoms with E-state index >= 15 is 0 Å². The number of rotatable bonds is 4. The first-order valence-corrected chi connectivity index (χ1v) is 6.96. The van der Waals surface area contributed by atoms with Crippen molar-refractivity contribution in [2.75, 3.05) is 12.8 Å². The number of aromatic nitrogens is 1. The van der Waals surface area contributed by atoms with Gasteiger partial charge in [-0.2, -0.15) is 0 Å². The molecule has 0 aliphatic rings. The van der Waals surface area contributed by atoms with Gasteiger partial charge in [0.25, 0.3) is 5.91 Å². The van der Waals surface area contributed by atoms with Gasteiger partial charge in [-0.25, -0.2) is 4.98 Å². The smallest absolute Gasteiger partial charge is 0.256 e. The number of nitrogens with zero attached hydrogens (tertiary/aromatic N) is 2. The van der Waals surface area contributed by atoms with Crippen molar-refractivity contribution in [3.63, 3.8) is 0 Å². The van der Waals surface area contributed by atoms with Crippen molar-refractivity contribution < 1.29 is 4.79 Å². The summed E-state index contributed by atoms with van der Waals surface area (Å²) in [4.78, 5) is 18.6. The van der Waals surface area contributed by atoms with E-state index in [1.165, 1.54) is 0 Å². The first-order chi connectivity index (χ1) is 9.56. The van der Waals surface area contributed by atoms with Crippen molar-refractivity contribution in [1.82, 2.24) is 9.88 Å². The molecule has 4 heteroatoms. The summed E-state index contributed by atoms with van der Waals surface area (Å²) in [6.07, 6.45) is 3.62. The molecule has 2 aromatic rings. The zero-order chi connectivity index (χ0) is 14.7. The Bertz CT molecular complexity index is 624. The number of nitrogen functional groups attached to an aromatic ring is 1. The third kappa shape index (κ3) is 2.59. The lowest BCUT2D eigenvalue weighted by Crippen LogP contribution is -2.35. The summed E-state index contributed by atoms with van der Waals surface area (Å²) in [5, 5.41) is 1.69. The first kappa shape index (κ1) is 14.3. The van der Waals surface area contributed by atoms with Gasteiger partial charge in [-0.1, -0.05) is 37.6 Å². The second-order valence-corrected chi connectivity index (χ2v) is 5.16. The van der Waals surface area contributed by atoms with Crippen molar-refractivity contribution in [2.45, 2.75) is 32.7 Å². The predicted octanol–water partition coefficient (Wildman–Crippen LogP) is 3.08. The Labute approximate surface area is 119 Å². The molecular weight excluding hydrogens is 250 g/mol. The van der Waals surface area contributed by atoms with E-state index in [9.17, 15) is 4.79 Å². The van der Waals surface area contributed by atoms with Gasteiger partial charge in [-0.3, -0.25) is 4.79 Å². The van der Waals surface area contributed by atoms with Crippen LogP contribution in [0, 0.1) is 0 Å². The standard InChI is InChI=1S/C16H21N3O/c1-4-7-11(2)19(3)16(20)14-10-18-15(17)13-9-6-5-8-12(13)14/h5-6,8-11H,4,7H2,1-3H3,(H2,17,18). The fraction of sp³-hybridized carbons (Fsp3) is 0.375. The lowest BCUT2D eigenvalue weighted by Gasteiger charge is -2.25. The van der Waals surface area contributed by atoms with E-state index in [-0.39, 0.29) is 11.9 Å². The molecule has 0 radical (unpaired) electrons. The Morgan fingerprint density at radius 1 is 1.35 bits per heavy atom. The minimum atomic E-state index is -0.00495. The zero-order valence-electron chi connectivity index (χ0n) is 12.3. The third-order valence-electron chi connectivity index (χ3n) is 3.74. The average molecular weight is 271 g/mol. The molecule has 0 aliphatic heterocycles. The number of benzene rings is 1. The summed E-state index contributed by atoms with van der Waals surface area (Å²) in [7, 11) is 1.84. The number of pyridine rings is 1. The molecular formula is C16H21N3O. The van der Waals surface area contributed by atoms with Crippen LogP contribution in [0.3, 0.4) is 0 Å². The van der Waals surface area contributed by atoms with Gasteiger partial charge in [0, 0.05) is 24.7 Å². The largest absolute Gasteiger partial charge is 0.383 e. The number of carbonyl (C=O) groups is 1. The highest BCUT2D eigenvalue weighted by molar-refractivity contribution is 6.08. The first-order valence-electron chi connectivity index (χ1n) is 6.96. The van der Waals surface area contributed by atoms with Crippen LogP contribution in [-0.4, -0.2) is 28.9 Å². The number of hydrogen-bond donors (Lipinski definition) is 1. The quantitative estimate of drug-likeness (QED) is 0.929. The molecule has 2 rings (SSSR count). The van der Waals surface area contributed by atoms with Crippen LogP contribution in [0.4, 0.5) is 5.82 Å². The van der Waals surface area contributed by atoms with Crippen molar-refractivity contribution >= 4 is 22.5 Å². The van der Waals surface area contributed by atoms with Crippen molar-refractivity contribution in [3.8, 4) is 0 Å². The van der Waals surface area contributed by atoms with Gasteiger partial charge in [0.15, 0.2) is 0 Å². The van der Waals surface area contributed by atoms with E-state index in [1.54, 1.807) is 11.1 Å². The molecule has 1 amide bonds. The van der Waals surface area contributed by atoms with Crippen molar-refractivity contribution in [2.24, 2.45) is 0 Å². The van der Waals surface area contributed by atoms with Gasteiger partial charge in [0.05, 0.1) is 5.56 Å². The molecule has 20 heavy (non-hydrogen) atoms. The molecule has 2 N–H and O–H groups in total. The number of amides is 1. The molecule has 0 spiro atoms. The highest BCUT2D eigenvalue weighted by Crippen LogP contribution is 2.23. The van der Waals surface area contributed by atoms with E-state index in [0.29, 0.717) is 11.4 Å². The maximum atomic E-state index is 12.6. The molecule has 1 aromatic heterocycles. The minimum absolute atomic E-state index is 0.00495. The van der Waals surface area contributed by atoms with E-state index < -0.39 is 0 Å². The van der Waals surface area contributed by atoms with Crippen LogP contribution in [0.15, 0.2) is 30.5 Å². The summed E-state index contributed by atoms with van der Waals surface area (Å²) < 4.78 is 0. The summed E-state index contributed by atoms with van der Waals surface area (Å²) in [6.45, 7) is 4.18. The lowest BCUT2D eigenvalue weighted by atomic mass is 10.0. The third-order valence-corrected chi connectivity index (χ3v) is 3.74. The molecule has 0 saturated heterocycles. The molecule has 0 aliphatic carbocycles. The van der Waals surface area contributed by atoms with Gasteiger partial charge in [0.2, 0.25) is 0 Å². The van der Waals surface area contributed by atoms with Gasteiger partial charge >= 0.3 is 0 Å². The predicted molar refractivity (Wildman–Crippen MR) is 82.6 cm³/mol. The Morgan fingerprint density at radius 2 is 2.00 bits per heavy atom. The van der Waals surface area contributed by atoms with Gasteiger partial charge in [0.1, 0.15) is 5.82 Å². The topological polar surface area (TPSA) is 59.2 Å². The summed E-state index contributed by atoms with van der Waals surface area (Å²) in [5.41, 5.74) is 6.48. The maximum Gasteiger partial charge on any atom is 0.256 e. The molecule has 0 saturated carbocycles.